The minimum absolute atomic E-state index is 0.0818. The van der Waals surface area contributed by atoms with Gasteiger partial charge < -0.3 is 16.0 Å². The number of nitro groups is 1. The Morgan fingerprint density at radius 2 is 1.82 bits per heavy atom. The molecule has 0 spiro atoms. The molecule has 0 aromatic heterocycles. The van der Waals surface area contributed by atoms with Crippen LogP contribution in [0.4, 0.5) is 11.4 Å². The minimum atomic E-state index is -0.798. The summed E-state index contributed by atoms with van der Waals surface area (Å²) >= 11 is 1.55. The zero-order valence-electron chi connectivity index (χ0n) is 16.1. The molecule has 0 saturated heterocycles. The van der Waals surface area contributed by atoms with E-state index in [0.29, 0.717) is 30.7 Å². The van der Waals surface area contributed by atoms with Gasteiger partial charge in [0.25, 0.3) is 5.69 Å². The zero-order valence-corrected chi connectivity index (χ0v) is 17.0. The number of hydrogen-bond donors (Lipinski definition) is 3. The van der Waals surface area contributed by atoms with E-state index in [1.807, 2.05) is 20.1 Å². The van der Waals surface area contributed by atoms with Crippen LogP contribution in [0.25, 0.3) is 0 Å². The number of amides is 3. The molecule has 28 heavy (non-hydrogen) atoms. The van der Waals surface area contributed by atoms with Crippen LogP contribution in [0.15, 0.2) is 24.3 Å². The Bertz CT molecular complexity index is 681. The molecule has 1 aromatic rings. The van der Waals surface area contributed by atoms with Gasteiger partial charge in [-0.1, -0.05) is 13.8 Å². The molecule has 10 heteroatoms. The maximum Gasteiger partial charge on any atom is 0.269 e. The summed E-state index contributed by atoms with van der Waals surface area (Å²) in [5, 5.41) is 18.6. The predicted octanol–water partition coefficient (Wildman–Crippen LogP) is 1.93. The summed E-state index contributed by atoms with van der Waals surface area (Å²) in [6.45, 7) is 3.85. The van der Waals surface area contributed by atoms with Gasteiger partial charge in [-0.15, -0.1) is 0 Å². The third-order valence-electron chi connectivity index (χ3n) is 3.88. The maximum absolute atomic E-state index is 12.6. The number of nitrogens with one attached hydrogen (secondary N) is 3. The molecule has 0 heterocycles. The molecule has 0 saturated carbocycles. The fraction of sp³-hybridized carbons (Fsp3) is 0.500. The molecule has 9 nitrogen and oxygen atoms in total. The molecule has 3 amide bonds. The summed E-state index contributed by atoms with van der Waals surface area (Å²) in [5.41, 5.74) is 0.310. The van der Waals surface area contributed by atoms with Crippen molar-refractivity contribution >= 4 is 41.4 Å². The van der Waals surface area contributed by atoms with Gasteiger partial charge in [0.15, 0.2) is 0 Å². The molecule has 0 aliphatic heterocycles. The Hall–Kier alpha value is -2.62. The molecule has 0 unspecified atom stereocenters. The normalized spacial score (nSPS) is 12.7. The van der Waals surface area contributed by atoms with E-state index >= 15 is 0 Å². The first-order chi connectivity index (χ1) is 13.3. The second-order valence-electron chi connectivity index (χ2n) is 6.60. The monoisotopic (exact) mass is 410 g/mol. The highest BCUT2D eigenvalue weighted by atomic mass is 32.2. The molecule has 154 valence electrons. The lowest BCUT2D eigenvalue weighted by molar-refractivity contribution is -0.384. The van der Waals surface area contributed by atoms with Gasteiger partial charge in [-0.2, -0.15) is 11.8 Å². The van der Waals surface area contributed by atoms with Crippen LogP contribution in [0.5, 0.6) is 0 Å². The minimum Gasteiger partial charge on any atom is -0.347 e. The van der Waals surface area contributed by atoms with Crippen LogP contribution in [0, 0.1) is 16.0 Å². The number of nitro benzene ring substituents is 1. The second-order valence-corrected chi connectivity index (χ2v) is 7.59. The van der Waals surface area contributed by atoms with Crippen LogP contribution in [-0.4, -0.2) is 47.2 Å². The van der Waals surface area contributed by atoms with Crippen LogP contribution in [0.3, 0.4) is 0 Å². The largest absolute Gasteiger partial charge is 0.347 e. The van der Waals surface area contributed by atoms with Crippen LogP contribution in [-0.2, 0) is 14.4 Å². The quantitative estimate of drug-likeness (QED) is 0.274. The van der Waals surface area contributed by atoms with Crippen LogP contribution in [0.2, 0.25) is 0 Å². The van der Waals surface area contributed by atoms with E-state index < -0.39 is 28.8 Å². The number of benzene rings is 1. The Kier molecular flexibility index (Phi) is 10.0. The number of hydrogen-bond acceptors (Lipinski definition) is 6. The van der Waals surface area contributed by atoms with Crippen molar-refractivity contribution in [2.24, 2.45) is 5.92 Å². The molecule has 1 aromatic carbocycles. The number of anilines is 1. The number of carbonyl (C=O) groups is 3. The lowest BCUT2D eigenvalue weighted by Crippen LogP contribution is -2.51. The number of rotatable bonds is 12. The Morgan fingerprint density at radius 3 is 2.32 bits per heavy atom. The summed E-state index contributed by atoms with van der Waals surface area (Å²) in [7, 11) is 0. The maximum atomic E-state index is 12.6. The highest BCUT2D eigenvalue weighted by Gasteiger charge is 2.26. The number of thioether (sulfide) groups is 1. The first-order valence-electron chi connectivity index (χ1n) is 8.82. The standard InChI is InChI=1S/C18H26N4O5S/c1-12(2)10-16(21-17(24)15(19-11-23)8-9-28-3)18(25)20-13-4-6-14(7-5-13)22(26)27/h4-7,11-12,15-16H,8-10H2,1-3H3,(H,19,23)(H,20,25)(H,21,24)/t15-,16-/m0/s1. The molecule has 2 atom stereocenters. The van der Waals surface area contributed by atoms with Crippen molar-refractivity contribution in [3.63, 3.8) is 0 Å². The third kappa shape index (κ3) is 7.95. The van der Waals surface area contributed by atoms with E-state index in [0.717, 1.165) is 0 Å². The first-order valence-corrected chi connectivity index (χ1v) is 10.2. The van der Waals surface area contributed by atoms with Crippen molar-refractivity contribution in [2.75, 3.05) is 17.3 Å². The van der Waals surface area contributed by atoms with Gasteiger partial charge in [0.05, 0.1) is 4.92 Å². The molecule has 3 N–H and O–H groups in total. The van der Waals surface area contributed by atoms with E-state index in [1.165, 1.54) is 24.3 Å². The summed E-state index contributed by atoms with van der Waals surface area (Å²) in [4.78, 5) is 46.1. The molecule has 0 radical (unpaired) electrons. The Morgan fingerprint density at radius 1 is 1.18 bits per heavy atom. The highest BCUT2D eigenvalue weighted by molar-refractivity contribution is 7.98. The number of carbonyl (C=O) groups excluding carboxylic acids is 3. The van der Waals surface area contributed by atoms with E-state index in [9.17, 15) is 24.5 Å². The molecular formula is C18H26N4O5S. The van der Waals surface area contributed by atoms with Crippen LogP contribution in [0.1, 0.15) is 26.7 Å². The van der Waals surface area contributed by atoms with Gasteiger partial charge in [0.1, 0.15) is 12.1 Å². The van der Waals surface area contributed by atoms with Crippen molar-refractivity contribution < 1.29 is 19.3 Å². The van der Waals surface area contributed by atoms with E-state index in [-0.39, 0.29) is 11.6 Å². The average Bonchev–Trinajstić information content (AvgIpc) is 2.64. The molecule has 0 fully saturated rings. The van der Waals surface area contributed by atoms with Crippen molar-refractivity contribution in [3.8, 4) is 0 Å². The third-order valence-corrected chi connectivity index (χ3v) is 4.53. The zero-order chi connectivity index (χ0) is 21.1. The lowest BCUT2D eigenvalue weighted by atomic mass is 10.0. The van der Waals surface area contributed by atoms with Crippen molar-refractivity contribution in [3.05, 3.63) is 34.4 Å². The number of nitrogens with zero attached hydrogens (tertiary/aromatic N) is 1. The van der Waals surface area contributed by atoms with Crippen LogP contribution < -0.4 is 16.0 Å². The number of non-ortho nitro benzene ring substituents is 1. The summed E-state index contributed by atoms with van der Waals surface area (Å²) in [5.74, 6) is -0.0316. The van der Waals surface area contributed by atoms with E-state index in [2.05, 4.69) is 16.0 Å². The smallest absolute Gasteiger partial charge is 0.269 e. The van der Waals surface area contributed by atoms with Gasteiger partial charge in [0.2, 0.25) is 18.2 Å². The fourth-order valence-corrected chi connectivity index (χ4v) is 2.95. The van der Waals surface area contributed by atoms with Gasteiger partial charge in [-0.25, -0.2) is 0 Å². The lowest BCUT2D eigenvalue weighted by Gasteiger charge is -2.23. The summed E-state index contributed by atoms with van der Waals surface area (Å²) in [6, 6.07) is 3.93. The van der Waals surface area contributed by atoms with E-state index in [1.54, 1.807) is 11.8 Å². The first kappa shape index (κ1) is 23.4. The average molecular weight is 410 g/mol. The van der Waals surface area contributed by atoms with Crippen molar-refractivity contribution in [1.82, 2.24) is 10.6 Å². The molecule has 1 rings (SSSR count). The fourth-order valence-electron chi connectivity index (χ4n) is 2.48. The Labute approximate surface area is 168 Å². The van der Waals surface area contributed by atoms with Gasteiger partial charge in [0, 0.05) is 17.8 Å². The second kappa shape index (κ2) is 12.0. The van der Waals surface area contributed by atoms with Crippen molar-refractivity contribution in [2.45, 2.75) is 38.8 Å². The van der Waals surface area contributed by atoms with Gasteiger partial charge in [-0.05, 0) is 42.9 Å². The molecule has 0 aliphatic rings. The van der Waals surface area contributed by atoms with E-state index in [4.69, 9.17) is 0 Å². The molecular weight excluding hydrogens is 384 g/mol. The topological polar surface area (TPSA) is 130 Å². The predicted molar refractivity (Wildman–Crippen MR) is 109 cm³/mol. The van der Waals surface area contributed by atoms with Gasteiger partial charge >= 0.3 is 0 Å². The molecule has 0 aliphatic carbocycles. The van der Waals surface area contributed by atoms with Gasteiger partial charge in [-0.3, -0.25) is 24.5 Å². The summed E-state index contributed by atoms with van der Waals surface area (Å²) in [6.07, 6.45) is 3.22. The molecule has 0 bridgehead atoms. The Balaban J connectivity index is 2.84. The van der Waals surface area contributed by atoms with Crippen LogP contribution >= 0.6 is 11.8 Å². The summed E-state index contributed by atoms with van der Waals surface area (Å²) < 4.78 is 0. The SMILES string of the molecule is CSCC[C@H](NC=O)C(=O)N[C@@H](CC(C)C)C(=O)Nc1ccc([N+](=O)[O-])cc1. The van der Waals surface area contributed by atoms with Crippen molar-refractivity contribution in [1.29, 1.82) is 0 Å². The highest BCUT2D eigenvalue weighted by Crippen LogP contribution is 2.16.